The van der Waals surface area contributed by atoms with E-state index in [0.717, 1.165) is 36.3 Å². The first kappa shape index (κ1) is 19.4. The molecule has 30 heavy (non-hydrogen) atoms. The maximum atomic E-state index is 13.5. The highest BCUT2D eigenvalue weighted by molar-refractivity contribution is 6.35. The Hall–Kier alpha value is -2.57. The van der Waals surface area contributed by atoms with Crippen LogP contribution in [0.1, 0.15) is 30.4 Å². The minimum absolute atomic E-state index is 0.143. The van der Waals surface area contributed by atoms with Crippen molar-refractivity contribution in [1.29, 1.82) is 0 Å². The average Bonchev–Trinajstić information content (AvgIpc) is 3.38. The van der Waals surface area contributed by atoms with Crippen LogP contribution in [-0.2, 0) is 15.1 Å². The van der Waals surface area contributed by atoms with Gasteiger partial charge in [-0.05, 0) is 68.6 Å². The van der Waals surface area contributed by atoms with Crippen LogP contribution in [0.25, 0.3) is 0 Å². The first-order valence-electron chi connectivity index (χ1n) is 10.3. The van der Waals surface area contributed by atoms with E-state index in [1.54, 1.807) is 19.2 Å². The Balaban J connectivity index is 1.57. The monoisotopic (exact) mass is 425 g/mol. The first-order chi connectivity index (χ1) is 14.4. The lowest BCUT2D eigenvalue weighted by atomic mass is 9.78. The van der Waals surface area contributed by atoms with E-state index in [1.165, 1.54) is 0 Å². The second-order valence-corrected chi connectivity index (χ2v) is 8.79. The van der Waals surface area contributed by atoms with Crippen LogP contribution < -0.4 is 15.4 Å². The van der Waals surface area contributed by atoms with Gasteiger partial charge in [-0.1, -0.05) is 17.7 Å². The van der Waals surface area contributed by atoms with Crippen LogP contribution in [0.15, 0.2) is 36.4 Å². The van der Waals surface area contributed by atoms with Crippen molar-refractivity contribution in [3.63, 3.8) is 0 Å². The molecule has 1 spiro atoms. The third-order valence-corrected chi connectivity index (χ3v) is 7.04. The number of nitrogens with zero attached hydrogens (tertiary/aromatic N) is 1. The SMILES string of the molecule is COc1ccc(NC(=O)[C@@H]2C[C@H]3CCCN3[C@]23C(=O)Nc2c(Cl)cc(C)cc23)cc1. The van der Waals surface area contributed by atoms with Gasteiger partial charge in [-0.3, -0.25) is 14.5 Å². The summed E-state index contributed by atoms with van der Waals surface area (Å²) in [5.74, 6) is -0.0660. The van der Waals surface area contributed by atoms with E-state index in [0.29, 0.717) is 22.8 Å². The average molecular weight is 426 g/mol. The Bertz CT molecular complexity index is 1040. The summed E-state index contributed by atoms with van der Waals surface area (Å²) in [6, 6.07) is 11.3. The quantitative estimate of drug-likeness (QED) is 0.781. The fourth-order valence-electron chi connectivity index (χ4n) is 5.52. The number of methoxy groups -OCH3 is 1. The Morgan fingerprint density at radius 1 is 1.30 bits per heavy atom. The fraction of sp³-hybridized carbons (Fsp3) is 0.391. The van der Waals surface area contributed by atoms with E-state index in [1.807, 2.05) is 31.2 Å². The number of ether oxygens (including phenoxy) is 1. The summed E-state index contributed by atoms with van der Waals surface area (Å²) in [7, 11) is 1.60. The molecule has 7 heteroatoms. The topological polar surface area (TPSA) is 70.7 Å². The summed E-state index contributed by atoms with van der Waals surface area (Å²) in [5, 5.41) is 6.54. The summed E-state index contributed by atoms with van der Waals surface area (Å²) in [6.45, 7) is 2.76. The number of anilines is 2. The predicted molar refractivity (Wildman–Crippen MR) is 116 cm³/mol. The van der Waals surface area contributed by atoms with Crippen LogP contribution in [0.2, 0.25) is 5.02 Å². The summed E-state index contributed by atoms with van der Waals surface area (Å²) < 4.78 is 5.19. The molecule has 3 heterocycles. The third-order valence-electron chi connectivity index (χ3n) is 6.75. The highest BCUT2D eigenvalue weighted by Crippen LogP contribution is 2.56. The molecule has 0 aliphatic carbocycles. The van der Waals surface area contributed by atoms with Crippen molar-refractivity contribution in [3.8, 4) is 5.75 Å². The van der Waals surface area contributed by atoms with Gasteiger partial charge in [0.15, 0.2) is 0 Å². The molecule has 2 fully saturated rings. The maximum absolute atomic E-state index is 13.5. The van der Waals surface area contributed by atoms with Crippen molar-refractivity contribution < 1.29 is 14.3 Å². The summed E-state index contributed by atoms with van der Waals surface area (Å²) in [6.07, 6.45) is 2.68. The first-order valence-corrected chi connectivity index (χ1v) is 10.7. The third kappa shape index (κ3) is 2.67. The van der Waals surface area contributed by atoms with E-state index >= 15 is 0 Å². The molecule has 3 aliphatic rings. The second-order valence-electron chi connectivity index (χ2n) is 8.39. The number of hydrogen-bond acceptors (Lipinski definition) is 4. The van der Waals surface area contributed by atoms with Gasteiger partial charge in [-0.2, -0.15) is 0 Å². The maximum Gasteiger partial charge on any atom is 0.250 e. The highest BCUT2D eigenvalue weighted by Gasteiger charge is 2.65. The molecule has 3 aliphatic heterocycles. The largest absolute Gasteiger partial charge is 0.497 e. The number of carbonyl (C=O) groups is 2. The van der Waals surface area contributed by atoms with Gasteiger partial charge in [-0.15, -0.1) is 0 Å². The van der Waals surface area contributed by atoms with E-state index in [-0.39, 0.29) is 17.9 Å². The van der Waals surface area contributed by atoms with Crippen LogP contribution in [0.3, 0.4) is 0 Å². The molecular weight excluding hydrogens is 402 g/mol. The van der Waals surface area contributed by atoms with Gasteiger partial charge >= 0.3 is 0 Å². The van der Waals surface area contributed by atoms with E-state index in [9.17, 15) is 9.59 Å². The molecule has 6 nitrogen and oxygen atoms in total. The summed E-state index contributed by atoms with van der Waals surface area (Å²) >= 11 is 6.48. The number of halogens is 1. The smallest absolute Gasteiger partial charge is 0.250 e. The van der Waals surface area contributed by atoms with Crippen molar-refractivity contribution in [2.45, 2.75) is 37.8 Å². The van der Waals surface area contributed by atoms with Crippen LogP contribution in [0.4, 0.5) is 11.4 Å². The molecule has 2 amide bonds. The molecule has 0 saturated carbocycles. The standard InChI is InChI=1S/C23H24ClN3O3/c1-13-10-17-20(19(24)11-13)26-22(29)23(17)18(12-15-4-3-9-27(15)23)21(28)25-14-5-7-16(30-2)8-6-14/h5-8,10-11,15,18H,3-4,9,12H2,1-2H3,(H,25,28)(H,26,29)/t15-,18+,23+/m1/s1. The number of fused-ring (bicyclic) bond motifs is 4. The summed E-state index contributed by atoms with van der Waals surface area (Å²) in [4.78, 5) is 29.2. The zero-order chi connectivity index (χ0) is 21.0. The van der Waals surface area contributed by atoms with Gasteiger partial charge in [0, 0.05) is 17.3 Å². The normalized spacial score (nSPS) is 27.1. The van der Waals surface area contributed by atoms with Gasteiger partial charge in [0.1, 0.15) is 11.3 Å². The lowest BCUT2D eigenvalue weighted by molar-refractivity contribution is -0.135. The molecule has 2 aromatic rings. The molecule has 0 unspecified atom stereocenters. The van der Waals surface area contributed by atoms with Crippen molar-refractivity contribution >= 4 is 34.8 Å². The van der Waals surface area contributed by atoms with Crippen LogP contribution in [-0.4, -0.2) is 36.4 Å². The number of nitrogens with one attached hydrogen (secondary N) is 2. The van der Waals surface area contributed by atoms with Crippen molar-refractivity contribution in [1.82, 2.24) is 4.90 Å². The number of carbonyl (C=O) groups excluding carboxylic acids is 2. The number of rotatable bonds is 3. The zero-order valence-electron chi connectivity index (χ0n) is 17.0. The van der Waals surface area contributed by atoms with Crippen LogP contribution in [0, 0.1) is 12.8 Å². The molecule has 2 N–H and O–H groups in total. The fourth-order valence-corrected chi connectivity index (χ4v) is 5.84. The molecule has 156 valence electrons. The van der Waals surface area contributed by atoms with Crippen molar-refractivity contribution in [2.24, 2.45) is 5.92 Å². The highest BCUT2D eigenvalue weighted by atomic mass is 35.5. The van der Waals surface area contributed by atoms with Crippen LogP contribution >= 0.6 is 11.6 Å². The summed E-state index contributed by atoms with van der Waals surface area (Å²) in [5.41, 5.74) is 2.12. The van der Waals surface area contributed by atoms with Gasteiger partial charge in [0.25, 0.3) is 0 Å². The molecule has 0 aromatic heterocycles. The Morgan fingerprint density at radius 3 is 2.80 bits per heavy atom. The Labute approximate surface area is 180 Å². The number of benzene rings is 2. The zero-order valence-corrected chi connectivity index (χ0v) is 17.8. The van der Waals surface area contributed by atoms with Gasteiger partial charge < -0.3 is 15.4 Å². The van der Waals surface area contributed by atoms with Gasteiger partial charge in [0.2, 0.25) is 11.8 Å². The van der Waals surface area contributed by atoms with Crippen molar-refractivity contribution in [3.05, 3.63) is 52.5 Å². The molecule has 5 rings (SSSR count). The minimum atomic E-state index is -1.01. The van der Waals surface area contributed by atoms with E-state index in [4.69, 9.17) is 16.3 Å². The molecular formula is C23H24ClN3O3. The molecule has 2 aromatic carbocycles. The second kappa shape index (κ2) is 7.00. The number of aryl methyl sites for hydroxylation is 1. The number of hydrogen-bond donors (Lipinski definition) is 2. The minimum Gasteiger partial charge on any atom is -0.497 e. The Kier molecular flexibility index (Phi) is 4.52. The predicted octanol–water partition coefficient (Wildman–Crippen LogP) is 3.93. The molecule has 2 saturated heterocycles. The van der Waals surface area contributed by atoms with Gasteiger partial charge in [-0.25, -0.2) is 0 Å². The lowest BCUT2D eigenvalue weighted by Gasteiger charge is -2.36. The van der Waals surface area contributed by atoms with E-state index < -0.39 is 11.5 Å². The molecule has 0 bridgehead atoms. The lowest BCUT2D eigenvalue weighted by Crippen LogP contribution is -2.53. The van der Waals surface area contributed by atoms with E-state index in [2.05, 4.69) is 15.5 Å². The van der Waals surface area contributed by atoms with Gasteiger partial charge in [0.05, 0.1) is 23.7 Å². The van der Waals surface area contributed by atoms with Crippen LogP contribution in [0.5, 0.6) is 5.75 Å². The molecule has 0 radical (unpaired) electrons. The molecule has 3 atom stereocenters. The van der Waals surface area contributed by atoms with Crippen molar-refractivity contribution in [2.75, 3.05) is 24.3 Å². The number of amides is 2. The Morgan fingerprint density at radius 2 is 2.07 bits per heavy atom.